The lowest BCUT2D eigenvalue weighted by atomic mass is 9.97. The van der Waals surface area contributed by atoms with Crippen molar-refractivity contribution in [3.05, 3.63) is 71.5 Å². The molecule has 1 fully saturated rings. The van der Waals surface area contributed by atoms with Gasteiger partial charge < -0.3 is 19.1 Å². The Labute approximate surface area is 193 Å². The minimum absolute atomic E-state index is 0.0291. The zero-order chi connectivity index (χ0) is 23.4. The van der Waals surface area contributed by atoms with Crippen molar-refractivity contribution in [1.82, 2.24) is 15.0 Å². The number of carbonyl (C=O) groups excluding carboxylic acids is 2. The molecular weight excluding hydrogens is 418 g/mol. The minimum Gasteiger partial charge on any atom is -0.479 e. The summed E-state index contributed by atoms with van der Waals surface area (Å²) >= 11 is 0. The Bertz CT molecular complexity index is 1110. The number of rotatable bonds is 7. The van der Waals surface area contributed by atoms with Gasteiger partial charge in [-0.15, -0.1) is 0 Å². The third-order valence-electron chi connectivity index (χ3n) is 6.13. The Morgan fingerprint density at radius 1 is 1.09 bits per heavy atom. The largest absolute Gasteiger partial charge is 0.479 e. The number of aromatic nitrogens is 1. The highest BCUT2D eigenvalue weighted by Crippen LogP contribution is 2.23. The predicted molar refractivity (Wildman–Crippen MR) is 125 cm³/mol. The SMILES string of the molecule is COc1cc(CCC(=O)N2CCN(C)C(=O)[C@H]2Cc2ccc(-c3ccc(C)cc3)cc2)on1. The quantitative estimate of drug-likeness (QED) is 0.554. The maximum absolute atomic E-state index is 13.0. The van der Waals surface area contributed by atoms with E-state index in [1.54, 1.807) is 22.9 Å². The molecule has 2 amide bonds. The van der Waals surface area contributed by atoms with Crippen molar-refractivity contribution in [3.8, 4) is 17.0 Å². The molecule has 1 aliphatic heterocycles. The fourth-order valence-corrected chi connectivity index (χ4v) is 4.09. The average molecular weight is 448 g/mol. The lowest BCUT2D eigenvalue weighted by Gasteiger charge is -2.39. The molecule has 1 aromatic heterocycles. The molecule has 3 aromatic rings. The summed E-state index contributed by atoms with van der Waals surface area (Å²) in [6.45, 7) is 3.12. The van der Waals surface area contributed by atoms with Crippen LogP contribution in [0.25, 0.3) is 11.1 Å². The first-order valence-corrected chi connectivity index (χ1v) is 11.1. The van der Waals surface area contributed by atoms with Gasteiger partial charge >= 0.3 is 0 Å². The number of benzene rings is 2. The molecule has 0 spiro atoms. The smallest absolute Gasteiger partial charge is 0.254 e. The number of methoxy groups -OCH3 is 1. The fourth-order valence-electron chi connectivity index (χ4n) is 4.09. The highest BCUT2D eigenvalue weighted by atomic mass is 16.5. The molecule has 2 heterocycles. The third kappa shape index (κ3) is 5.25. The number of nitrogens with zero attached hydrogens (tertiary/aromatic N) is 3. The van der Waals surface area contributed by atoms with E-state index in [1.807, 2.05) is 12.1 Å². The van der Waals surface area contributed by atoms with E-state index in [9.17, 15) is 9.59 Å². The van der Waals surface area contributed by atoms with E-state index in [0.717, 1.165) is 16.7 Å². The zero-order valence-corrected chi connectivity index (χ0v) is 19.3. The van der Waals surface area contributed by atoms with Crippen LogP contribution in [0, 0.1) is 6.92 Å². The standard InChI is InChI=1S/C26H29N3O4/c1-18-4-8-20(9-5-18)21-10-6-19(7-11-21)16-23-26(31)28(2)14-15-29(23)25(30)13-12-22-17-24(32-3)27-33-22/h4-11,17,23H,12-16H2,1-3H3/t23-/m1/s1. The van der Waals surface area contributed by atoms with Gasteiger partial charge in [0.25, 0.3) is 5.88 Å². The van der Waals surface area contributed by atoms with Crippen molar-refractivity contribution < 1.29 is 18.8 Å². The van der Waals surface area contributed by atoms with Gasteiger partial charge in [-0.3, -0.25) is 9.59 Å². The molecule has 0 radical (unpaired) electrons. The van der Waals surface area contributed by atoms with Crippen LogP contribution in [0.5, 0.6) is 5.88 Å². The molecular formula is C26H29N3O4. The number of hydrogen-bond donors (Lipinski definition) is 0. The van der Waals surface area contributed by atoms with Gasteiger partial charge in [0.05, 0.1) is 7.11 Å². The summed E-state index contributed by atoms with van der Waals surface area (Å²) in [5.41, 5.74) is 4.53. The maximum atomic E-state index is 13.0. The van der Waals surface area contributed by atoms with Crippen molar-refractivity contribution in [1.29, 1.82) is 0 Å². The number of ether oxygens (including phenoxy) is 1. The number of piperazine rings is 1. The van der Waals surface area contributed by atoms with Gasteiger partial charge in [-0.25, -0.2) is 0 Å². The van der Waals surface area contributed by atoms with Gasteiger partial charge in [0.1, 0.15) is 11.8 Å². The van der Waals surface area contributed by atoms with Gasteiger partial charge in [-0.05, 0) is 28.8 Å². The summed E-state index contributed by atoms with van der Waals surface area (Å²) in [6.07, 6.45) is 1.14. The molecule has 0 N–H and O–H groups in total. The second-order valence-corrected chi connectivity index (χ2v) is 8.47. The van der Waals surface area contributed by atoms with Crippen molar-refractivity contribution in [3.63, 3.8) is 0 Å². The van der Waals surface area contributed by atoms with E-state index in [-0.39, 0.29) is 18.2 Å². The van der Waals surface area contributed by atoms with Gasteiger partial charge in [0.15, 0.2) is 0 Å². The van der Waals surface area contributed by atoms with E-state index in [2.05, 4.69) is 48.5 Å². The Morgan fingerprint density at radius 3 is 2.39 bits per heavy atom. The van der Waals surface area contributed by atoms with Crippen LogP contribution in [0.4, 0.5) is 0 Å². The average Bonchev–Trinajstić information content (AvgIpc) is 3.30. The molecule has 1 aliphatic rings. The lowest BCUT2D eigenvalue weighted by Crippen LogP contribution is -2.58. The molecule has 4 rings (SSSR count). The molecule has 172 valence electrons. The maximum Gasteiger partial charge on any atom is 0.254 e. The normalized spacial score (nSPS) is 16.2. The lowest BCUT2D eigenvalue weighted by molar-refractivity contribution is -0.150. The third-order valence-corrected chi connectivity index (χ3v) is 6.13. The van der Waals surface area contributed by atoms with Crippen LogP contribution in [0.3, 0.4) is 0 Å². The van der Waals surface area contributed by atoms with Gasteiger partial charge in [-0.1, -0.05) is 54.1 Å². The highest BCUT2D eigenvalue weighted by Gasteiger charge is 2.35. The topological polar surface area (TPSA) is 75.9 Å². The van der Waals surface area contributed by atoms with Crippen molar-refractivity contribution in [2.45, 2.75) is 32.2 Å². The fraction of sp³-hybridized carbons (Fsp3) is 0.346. The highest BCUT2D eigenvalue weighted by molar-refractivity contribution is 5.89. The van der Waals surface area contributed by atoms with Gasteiger partial charge in [0, 0.05) is 45.5 Å². The van der Waals surface area contributed by atoms with Crippen molar-refractivity contribution in [2.24, 2.45) is 0 Å². The Morgan fingerprint density at radius 2 is 1.76 bits per heavy atom. The van der Waals surface area contributed by atoms with Crippen molar-refractivity contribution >= 4 is 11.8 Å². The van der Waals surface area contributed by atoms with Gasteiger partial charge in [-0.2, -0.15) is 0 Å². The summed E-state index contributed by atoms with van der Waals surface area (Å²) in [5, 5.41) is 3.77. The summed E-state index contributed by atoms with van der Waals surface area (Å²) in [6, 6.07) is 17.8. The van der Waals surface area contributed by atoms with E-state index in [1.165, 1.54) is 12.7 Å². The number of likely N-dealkylation sites (N-methyl/N-ethyl adjacent to an activating group) is 1. The molecule has 1 saturated heterocycles. The van der Waals surface area contributed by atoms with Crippen LogP contribution in [-0.4, -0.2) is 60.1 Å². The second-order valence-electron chi connectivity index (χ2n) is 8.47. The Hall–Kier alpha value is -3.61. The molecule has 33 heavy (non-hydrogen) atoms. The van der Waals surface area contributed by atoms with Crippen LogP contribution in [0.2, 0.25) is 0 Å². The van der Waals surface area contributed by atoms with E-state index < -0.39 is 6.04 Å². The van der Waals surface area contributed by atoms with E-state index >= 15 is 0 Å². The molecule has 2 aromatic carbocycles. The second kappa shape index (κ2) is 9.90. The molecule has 1 atom stereocenters. The monoisotopic (exact) mass is 447 g/mol. The molecule has 0 saturated carbocycles. The number of aryl methyl sites for hydroxylation is 2. The first-order valence-electron chi connectivity index (χ1n) is 11.1. The zero-order valence-electron chi connectivity index (χ0n) is 19.3. The first-order chi connectivity index (χ1) is 15.9. The Kier molecular flexibility index (Phi) is 6.77. The summed E-state index contributed by atoms with van der Waals surface area (Å²) in [4.78, 5) is 29.4. The Balaban J connectivity index is 1.45. The van der Waals surface area contributed by atoms with E-state index in [4.69, 9.17) is 9.26 Å². The number of amides is 2. The summed E-state index contributed by atoms with van der Waals surface area (Å²) in [5.74, 6) is 0.884. The molecule has 7 heteroatoms. The van der Waals surface area contributed by atoms with Crippen LogP contribution in [0.15, 0.2) is 59.1 Å². The first kappa shape index (κ1) is 22.6. The molecule has 7 nitrogen and oxygen atoms in total. The number of carbonyl (C=O) groups is 2. The summed E-state index contributed by atoms with van der Waals surface area (Å²) in [7, 11) is 3.30. The van der Waals surface area contributed by atoms with Crippen LogP contribution >= 0.6 is 0 Å². The van der Waals surface area contributed by atoms with Crippen LogP contribution in [-0.2, 0) is 22.4 Å². The minimum atomic E-state index is -0.509. The van der Waals surface area contributed by atoms with Crippen LogP contribution < -0.4 is 4.74 Å². The van der Waals surface area contributed by atoms with E-state index in [0.29, 0.717) is 37.6 Å². The molecule has 0 bridgehead atoms. The predicted octanol–water partition coefficient (Wildman–Crippen LogP) is 3.50. The van der Waals surface area contributed by atoms with Gasteiger partial charge in [0.2, 0.25) is 11.8 Å². The molecule has 0 aliphatic carbocycles. The molecule has 0 unspecified atom stereocenters. The number of hydrogen-bond acceptors (Lipinski definition) is 5. The van der Waals surface area contributed by atoms with Crippen molar-refractivity contribution in [2.75, 3.05) is 27.2 Å². The summed E-state index contributed by atoms with van der Waals surface area (Å²) < 4.78 is 10.2. The van der Waals surface area contributed by atoms with Crippen LogP contribution in [0.1, 0.15) is 23.3 Å².